The van der Waals surface area contributed by atoms with Gasteiger partial charge >= 0.3 is 5.97 Å². The molecule has 0 saturated heterocycles. The van der Waals surface area contributed by atoms with E-state index >= 15 is 4.39 Å². The Labute approximate surface area is 229 Å². The number of rotatable bonds is 8. The molecule has 3 aromatic rings. The summed E-state index contributed by atoms with van der Waals surface area (Å²) in [4.78, 5) is 11.8. The van der Waals surface area contributed by atoms with E-state index in [1.165, 1.54) is 11.6 Å². The summed E-state index contributed by atoms with van der Waals surface area (Å²) >= 11 is 0. The molecule has 0 aliphatic heterocycles. The summed E-state index contributed by atoms with van der Waals surface area (Å²) in [6.45, 7) is 6.62. The molecule has 3 atom stereocenters. The largest absolute Gasteiger partial charge is 0.497 e. The second-order valence-corrected chi connectivity index (χ2v) is 11.9. The van der Waals surface area contributed by atoms with Crippen LogP contribution >= 0.6 is 0 Å². The van der Waals surface area contributed by atoms with Crippen LogP contribution in [0.1, 0.15) is 68.4 Å². The fraction of sp³-hybridized carbons (Fsp3) is 0.424. The predicted molar refractivity (Wildman–Crippen MR) is 149 cm³/mol. The predicted octanol–water partition coefficient (Wildman–Crippen LogP) is 7.49. The Kier molecular flexibility index (Phi) is 7.19. The summed E-state index contributed by atoms with van der Waals surface area (Å²) < 4.78 is 32.6. The zero-order chi connectivity index (χ0) is 27.9. The van der Waals surface area contributed by atoms with Crippen molar-refractivity contribution in [3.8, 4) is 22.6 Å². The lowest BCUT2D eigenvalue weighted by Gasteiger charge is -2.45. The number of carbonyl (C=O) groups is 1. The van der Waals surface area contributed by atoms with E-state index in [2.05, 4.69) is 26.8 Å². The molecular formula is C33H37FO5. The third-order valence-corrected chi connectivity index (χ3v) is 8.59. The number of carboxylic acids is 1. The second kappa shape index (κ2) is 10.3. The zero-order valence-electron chi connectivity index (χ0n) is 23.3. The number of ether oxygens (including phenoxy) is 3. The summed E-state index contributed by atoms with van der Waals surface area (Å²) in [7, 11) is 3.25. The number of hydrogen-bond acceptors (Lipinski definition) is 4. The van der Waals surface area contributed by atoms with Gasteiger partial charge in [-0.05, 0) is 95.3 Å². The van der Waals surface area contributed by atoms with Crippen molar-refractivity contribution in [3.63, 3.8) is 0 Å². The lowest BCUT2D eigenvalue weighted by molar-refractivity contribution is -0.149. The molecule has 5 rings (SSSR count). The topological polar surface area (TPSA) is 65.0 Å². The lowest BCUT2D eigenvalue weighted by atomic mass is 9.57. The monoisotopic (exact) mass is 532 g/mol. The molecule has 6 heteroatoms. The fourth-order valence-corrected chi connectivity index (χ4v) is 6.55. The van der Waals surface area contributed by atoms with Crippen molar-refractivity contribution in [2.75, 3.05) is 14.2 Å². The maximum atomic E-state index is 15.0. The maximum absolute atomic E-state index is 15.0. The van der Waals surface area contributed by atoms with Crippen molar-refractivity contribution in [1.29, 1.82) is 0 Å². The smallest absolute Gasteiger partial charge is 0.307 e. The van der Waals surface area contributed by atoms with Crippen molar-refractivity contribution >= 4 is 5.97 Å². The molecule has 206 valence electrons. The minimum Gasteiger partial charge on any atom is -0.497 e. The molecule has 2 aliphatic rings. The van der Waals surface area contributed by atoms with Crippen LogP contribution in [0.15, 0.2) is 54.6 Å². The van der Waals surface area contributed by atoms with Gasteiger partial charge in [-0.15, -0.1) is 0 Å². The van der Waals surface area contributed by atoms with E-state index in [1.54, 1.807) is 26.4 Å². The van der Waals surface area contributed by atoms with Crippen LogP contribution in [-0.4, -0.2) is 25.3 Å². The van der Waals surface area contributed by atoms with Crippen LogP contribution in [0.2, 0.25) is 0 Å². The zero-order valence-corrected chi connectivity index (χ0v) is 23.3. The van der Waals surface area contributed by atoms with Crippen LogP contribution in [0.5, 0.6) is 11.5 Å². The molecule has 0 unspecified atom stereocenters. The van der Waals surface area contributed by atoms with Crippen LogP contribution < -0.4 is 9.47 Å². The third kappa shape index (κ3) is 4.91. The molecule has 0 heterocycles. The average Bonchev–Trinajstić information content (AvgIpc) is 3.27. The van der Waals surface area contributed by atoms with Gasteiger partial charge in [-0.1, -0.05) is 39.0 Å². The summed E-state index contributed by atoms with van der Waals surface area (Å²) in [6, 6.07) is 16.8. The van der Waals surface area contributed by atoms with Gasteiger partial charge < -0.3 is 19.3 Å². The van der Waals surface area contributed by atoms with E-state index in [-0.39, 0.29) is 28.7 Å². The highest BCUT2D eigenvalue weighted by Crippen LogP contribution is 2.57. The average molecular weight is 533 g/mol. The van der Waals surface area contributed by atoms with Gasteiger partial charge in [-0.25, -0.2) is 4.39 Å². The van der Waals surface area contributed by atoms with Gasteiger partial charge in [0.1, 0.15) is 23.9 Å². The minimum absolute atomic E-state index is 0.240. The van der Waals surface area contributed by atoms with Gasteiger partial charge in [-0.3, -0.25) is 4.79 Å². The van der Waals surface area contributed by atoms with Crippen LogP contribution in [0.3, 0.4) is 0 Å². The van der Waals surface area contributed by atoms with Crippen LogP contribution in [-0.2, 0) is 28.0 Å². The molecule has 2 aliphatic carbocycles. The molecule has 1 fully saturated rings. The van der Waals surface area contributed by atoms with E-state index in [0.717, 1.165) is 53.7 Å². The minimum atomic E-state index is -0.702. The molecule has 1 N–H and O–H groups in total. The maximum Gasteiger partial charge on any atom is 0.307 e. The summed E-state index contributed by atoms with van der Waals surface area (Å²) in [5.74, 6) is -0.0285. The Balaban J connectivity index is 1.46. The first-order valence-electron chi connectivity index (χ1n) is 13.6. The van der Waals surface area contributed by atoms with E-state index in [4.69, 9.17) is 14.2 Å². The summed E-state index contributed by atoms with van der Waals surface area (Å²) in [5, 5.41) is 9.73. The quantitative estimate of drug-likeness (QED) is 0.326. The van der Waals surface area contributed by atoms with Crippen LogP contribution in [0.25, 0.3) is 11.1 Å². The van der Waals surface area contributed by atoms with E-state index < -0.39 is 5.97 Å². The second-order valence-electron chi connectivity index (χ2n) is 11.9. The molecule has 3 aromatic carbocycles. The number of carboxylic acid groups (broad SMARTS) is 1. The highest BCUT2D eigenvalue weighted by atomic mass is 19.1. The Hall–Kier alpha value is -3.38. The number of aliphatic carboxylic acids is 1. The molecule has 0 aromatic heterocycles. The van der Waals surface area contributed by atoms with Gasteiger partial charge in [0.05, 0.1) is 19.1 Å². The molecule has 1 spiro atoms. The Morgan fingerprint density at radius 3 is 2.44 bits per heavy atom. The highest BCUT2D eigenvalue weighted by molar-refractivity contribution is 5.75. The lowest BCUT2D eigenvalue weighted by Crippen LogP contribution is -2.46. The van der Waals surface area contributed by atoms with Gasteiger partial charge in [-0.2, -0.15) is 0 Å². The van der Waals surface area contributed by atoms with Crippen molar-refractivity contribution in [2.45, 2.75) is 64.6 Å². The molecule has 5 nitrogen and oxygen atoms in total. The SMILES string of the molecule is COc1ccc(F)c(-c2ccc(COc3ccc4c(c3)[C@@]3(CC4)CC[C@H]3C(=O)O)cc2[C@H](OC)C(C)(C)C)c1. The number of halogens is 1. The molecule has 0 amide bonds. The van der Waals surface area contributed by atoms with Crippen LogP contribution in [0.4, 0.5) is 4.39 Å². The van der Waals surface area contributed by atoms with Gasteiger partial charge in [0.25, 0.3) is 0 Å². The Morgan fingerprint density at radius 1 is 1.03 bits per heavy atom. The van der Waals surface area contributed by atoms with Gasteiger partial charge in [0.2, 0.25) is 0 Å². The van der Waals surface area contributed by atoms with Crippen molar-refractivity contribution in [3.05, 3.63) is 82.7 Å². The van der Waals surface area contributed by atoms with Crippen molar-refractivity contribution < 1.29 is 28.5 Å². The summed E-state index contributed by atoms with van der Waals surface area (Å²) in [5.41, 5.74) is 4.89. The molecule has 39 heavy (non-hydrogen) atoms. The van der Waals surface area contributed by atoms with E-state index in [0.29, 0.717) is 17.9 Å². The number of hydrogen-bond donors (Lipinski definition) is 1. The molecule has 0 bridgehead atoms. The number of methoxy groups -OCH3 is 2. The molecule has 0 radical (unpaired) electrons. The number of aryl methyl sites for hydroxylation is 1. The standard InChI is InChI=1S/C33H37FO5/c1-32(2,3)30(38-5)26-16-20(6-10-24(26)25-17-22(37-4)9-11-29(25)34)19-39-23-8-7-21-12-14-33(28(21)18-23)15-13-27(33)31(35)36/h6-11,16-18,27,30H,12-15,19H2,1-5H3,(H,35,36)/t27-,30-,33-/m0/s1. The first-order chi connectivity index (χ1) is 18.6. The summed E-state index contributed by atoms with van der Waals surface area (Å²) in [6.07, 6.45) is 3.16. The number of benzene rings is 3. The molecular weight excluding hydrogens is 495 g/mol. The number of fused-ring (bicyclic) bond motifs is 2. The fourth-order valence-electron chi connectivity index (χ4n) is 6.55. The Morgan fingerprint density at radius 2 is 1.79 bits per heavy atom. The van der Waals surface area contributed by atoms with Gasteiger partial charge in [0.15, 0.2) is 0 Å². The highest BCUT2D eigenvalue weighted by Gasteiger charge is 2.54. The van der Waals surface area contributed by atoms with E-state index in [1.807, 2.05) is 30.3 Å². The first-order valence-corrected chi connectivity index (χ1v) is 13.6. The van der Waals surface area contributed by atoms with E-state index in [9.17, 15) is 9.90 Å². The first kappa shape index (κ1) is 27.2. The molecule has 1 saturated carbocycles. The third-order valence-electron chi connectivity index (χ3n) is 8.59. The normalized spacial score (nSPS) is 20.8. The van der Waals surface area contributed by atoms with Crippen LogP contribution in [0, 0.1) is 17.2 Å². The van der Waals surface area contributed by atoms with Crippen molar-refractivity contribution in [1.82, 2.24) is 0 Å². The van der Waals surface area contributed by atoms with Gasteiger partial charge in [0, 0.05) is 18.1 Å². The van der Waals surface area contributed by atoms with Crippen molar-refractivity contribution in [2.24, 2.45) is 11.3 Å². The Bertz CT molecular complexity index is 1390.